The van der Waals surface area contributed by atoms with Crippen molar-refractivity contribution in [3.63, 3.8) is 0 Å². The monoisotopic (exact) mass is 488 g/mol. The molecule has 0 aliphatic rings. The lowest BCUT2D eigenvalue weighted by Crippen LogP contribution is -2.43. The van der Waals surface area contributed by atoms with Gasteiger partial charge in [-0.15, -0.1) is 24.0 Å². The fourth-order valence-electron chi connectivity index (χ4n) is 2.19. The van der Waals surface area contributed by atoms with Crippen LogP contribution < -0.4 is 20.1 Å². The summed E-state index contributed by atoms with van der Waals surface area (Å²) in [7, 11) is 1.69. The molecule has 27 heavy (non-hydrogen) atoms. The van der Waals surface area contributed by atoms with E-state index in [1.165, 1.54) is 6.07 Å². The van der Waals surface area contributed by atoms with Crippen molar-refractivity contribution in [3.8, 4) is 11.5 Å². The molecule has 1 atom stereocenters. The van der Waals surface area contributed by atoms with E-state index in [1.54, 1.807) is 37.6 Å². The van der Waals surface area contributed by atoms with E-state index in [0.717, 1.165) is 12.2 Å². The number of guanidine groups is 1. The molecule has 2 aromatic rings. The first-order valence-electron chi connectivity index (χ1n) is 8.61. The lowest BCUT2D eigenvalue weighted by atomic mass is 10.2. The van der Waals surface area contributed by atoms with Crippen LogP contribution in [0.25, 0.3) is 0 Å². The highest BCUT2D eigenvalue weighted by Crippen LogP contribution is 2.17. The Balaban J connectivity index is 0.00000364. The molecule has 1 aromatic heterocycles. The number of nitrogens with one attached hydrogen (secondary N) is 2. The van der Waals surface area contributed by atoms with Crippen LogP contribution in [0, 0.1) is 5.82 Å². The van der Waals surface area contributed by atoms with Gasteiger partial charge in [0.05, 0.1) is 19.3 Å². The Kier molecular flexibility index (Phi) is 11.2. The van der Waals surface area contributed by atoms with Crippen LogP contribution in [0.2, 0.25) is 0 Å². The number of nitrogens with zero attached hydrogens (tertiary/aromatic N) is 2. The van der Waals surface area contributed by atoms with Gasteiger partial charge in [0, 0.05) is 13.2 Å². The first-order chi connectivity index (χ1) is 12.7. The molecule has 1 unspecified atom stereocenters. The van der Waals surface area contributed by atoms with Crippen molar-refractivity contribution in [2.75, 3.05) is 26.7 Å². The maximum absolute atomic E-state index is 13.7. The number of pyridine rings is 1. The Bertz CT molecular complexity index is 688. The van der Waals surface area contributed by atoms with E-state index < -0.39 is 0 Å². The number of hydrogen-bond acceptors (Lipinski definition) is 4. The van der Waals surface area contributed by atoms with E-state index in [-0.39, 0.29) is 41.6 Å². The summed E-state index contributed by atoms with van der Waals surface area (Å²) in [5.41, 5.74) is 0. The summed E-state index contributed by atoms with van der Waals surface area (Å²) < 4.78 is 25.0. The molecular formula is C19H26FIN4O2. The van der Waals surface area contributed by atoms with Crippen LogP contribution in [0.15, 0.2) is 53.8 Å². The summed E-state index contributed by atoms with van der Waals surface area (Å²) in [5.74, 6) is 1.26. The maximum atomic E-state index is 13.7. The van der Waals surface area contributed by atoms with Gasteiger partial charge in [0.15, 0.2) is 17.5 Å². The Hall–Kier alpha value is -2.10. The Morgan fingerprint density at radius 2 is 2.04 bits per heavy atom. The molecule has 0 bridgehead atoms. The fourth-order valence-corrected chi connectivity index (χ4v) is 2.19. The Morgan fingerprint density at radius 3 is 2.70 bits per heavy atom. The third-order valence-corrected chi connectivity index (χ3v) is 3.60. The molecule has 0 saturated heterocycles. The van der Waals surface area contributed by atoms with E-state index in [9.17, 15) is 4.39 Å². The third-order valence-electron chi connectivity index (χ3n) is 3.60. The van der Waals surface area contributed by atoms with Gasteiger partial charge in [-0.05, 0) is 30.7 Å². The number of aliphatic imine (C=N–C) groups is 1. The molecule has 1 heterocycles. The van der Waals surface area contributed by atoms with Gasteiger partial charge in [-0.25, -0.2) is 4.39 Å². The van der Waals surface area contributed by atoms with Crippen LogP contribution in [0.3, 0.4) is 0 Å². The Labute approximate surface area is 176 Å². The summed E-state index contributed by atoms with van der Waals surface area (Å²) in [6, 6.07) is 10.1. The first kappa shape index (κ1) is 22.9. The smallest absolute Gasteiger partial charge is 0.191 e. The highest BCUT2D eigenvalue weighted by atomic mass is 127. The van der Waals surface area contributed by atoms with Gasteiger partial charge in [-0.3, -0.25) is 9.98 Å². The number of halogens is 2. The van der Waals surface area contributed by atoms with E-state index in [0.29, 0.717) is 25.7 Å². The first-order valence-corrected chi connectivity index (χ1v) is 8.61. The van der Waals surface area contributed by atoms with Crippen molar-refractivity contribution in [1.29, 1.82) is 0 Å². The average molecular weight is 488 g/mol. The van der Waals surface area contributed by atoms with Gasteiger partial charge < -0.3 is 20.1 Å². The molecule has 0 saturated carbocycles. The van der Waals surface area contributed by atoms with Crippen molar-refractivity contribution in [2.45, 2.75) is 19.4 Å². The summed E-state index contributed by atoms with van der Waals surface area (Å²) >= 11 is 0. The molecule has 6 nitrogen and oxygen atoms in total. The number of hydrogen-bond donors (Lipinski definition) is 2. The van der Waals surface area contributed by atoms with Gasteiger partial charge >= 0.3 is 0 Å². The number of benzene rings is 1. The van der Waals surface area contributed by atoms with Crippen LogP contribution >= 0.6 is 24.0 Å². The van der Waals surface area contributed by atoms with Crippen molar-refractivity contribution in [2.24, 2.45) is 4.99 Å². The second kappa shape index (κ2) is 13.1. The highest BCUT2D eigenvalue weighted by molar-refractivity contribution is 14.0. The van der Waals surface area contributed by atoms with Crippen molar-refractivity contribution in [3.05, 3.63) is 54.6 Å². The van der Waals surface area contributed by atoms with E-state index in [2.05, 4.69) is 20.6 Å². The zero-order valence-electron chi connectivity index (χ0n) is 15.5. The molecule has 2 rings (SSSR count). The van der Waals surface area contributed by atoms with Gasteiger partial charge in [0.25, 0.3) is 0 Å². The molecule has 8 heteroatoms. The molecule has 0 aliphatic heterocycles. The Morgan fingerprint density at radius 1 is 1.22 bits per heavy atom. The van der Waals surface area contributed by atoms with Crippen molar-refractivity contribution >= 4 is 29.9 Å². The van der Waals surface area contributed by atoms with Crippen LogP contribution in [-0.2, 0) is 0 Å². The molecule has 1 aromatic carbocycles. The summed E-state index contributed by atoms with van der Waals surface area (Å²) in [6.45, 7) is 3.56. The third kappa shape index (κ3) is 8.42. The number of para-hydroxylation sites is 1. The van der Waals surface area contributed by atoms with Gasteiger partial charge in [0.2, 0.25) is 0 Å². The normalized spacial score (nSPS) is 11.9. The van der Waals surface area contributed by atoms with Crippen LogP contribution in [0.4, 0.5) is 4.39 Å². The molecule has 0 aliphatic carbocycles. The molecule has 0 fully saturated rings. The second-order valence-electron chi connectivity index (χ2n) is 5.50. The maximum Gasteiger partial charge on any atom is 0.191 e. The van der Waals surface area contributed by atoms with Crippen molar-refractivity contribution in [1.82, 2.24) is 15.6 Å². The average Bonchev–Trinajstić information content (AvgIpc) is 2.68. The lowest BCUT2D eigenvalue weighted by Gasteiger charge is -2.20. The topological polar surface area (TPSA) is 67.8 Å². The summed E-state index contributed by atoms with van der Waals surface area (Å²) in [4.78, 5) is 8.15. The predicted molar refractivity (Wildman–Crippen MR) is 116 cm³/mol. The molecule has 0 amide bonds. The largest absolute Gasteiger partial charge is 0.490 e. The minimum absolute atomic E-state index is 0. The van der Waals surface area contributed by atoms with Gasteiger partial charge in [-0.1, -0.05) is 19.1 Å². The molecule has 0 radical (unpaired) electrons. The van der Waals surface area contributed by atoms with Crippen LogP contribution in [0.1, 0.15) is 13.3 Å². The van der Waals surface area contributed by atoms with E-state index in [4.69, 9.17) is 9.47 Å². The van der Waals surface area contributed by atoms with Crippen molar-refractivity contribution < 1.29 is 13.9 Å². The SMILES string of the molecule is CCC(CNC(=NC)NCCOc1cccnc1)Oc1ccccc1F.I. The minimum Gasteiger partial charge on any atom is -0.490 e. The summed E-state index contributed by atoms with van der Waals surface area (Å²) in [6.07, 6.45) is 3.93. The molecule has 0 spiro atoms. The van der Waals surface area contributed by atoms with Gasteiger partial charge in [0.1, 0.15) is 18.5 Å². The second-order valence-corrected chi connectivity index (χ2v) is 5.50. The molecular weight excluding hydrogens is 462 g/mol. The molecule has 2 N–H and O–H groups in total. The number of ether oxygens (including phenoxy) is 2. The standard InChI is InChI=1S/C19H25FN4O2.HI/c1-3-15(26-18-9-5-4-8-17(18)20)14-24-19(21-2)23-11-12-25-16-7-6-10-22-13-16;/h4-10,13,15H,3,11-12,14H2,1-2H3,(H2,21,23,24);1H. The lowest BCUT2D eigenvalue weighted by molar-refractivity contribution is 0.191. The zero-order valence-corrected chi connectivity index (χ0v) is 17.9. The van der Waals surface area contributed by atoms with Gasteiger partial charge in [-0.2, -0.15) is 0 Å². The fraction of sp³-hybridized carbons (Fsp3) is 0.368. The summed E-state index contributed by atoms with van der Waals surface area (Å²) in [5, 5.41) is 6.34. The number of rotatable bonds is 9. The quantitative estimate of drug-likeness (QED) is 0.246. The predicted octanol–water partition coefficient (Wildman–Crippen LogP) is 3.24. The van der Waals surface area contributed by atoms with E-state index in [1.807, 2.05) is 19.1 Å². The zero-order chi connectivity index (χ0) is 18.6. The van der Waals surface area contributed by atoms with Crippen LogP contribution in [-0.4, -0.2) is 43.8 Å². The van der Waals surface area contributed by atoms with E-state index >= 15 is 0 Å². The number of aromatic nitrogens is 1. The minimum atomic E-state index is -0.360. The highest BCUT2D eigenvalue weighted by Gasteiger charge is 2.11. The molecule has 148 valence electrons. The van der Waals surface area contributed by atoms with Crippen LogP contribution in [0.5, 0.6) is 11.5 Å².